The smallest absolute Gasteiger partial charge is 0.261 e. The van der Waals surface area contributed by atoms with Gasteiger partial charge in [-0.3, -0.25) is 37.4 Å². The second-order valence-electron chi connectivity index (χ2n) is 27.4. The van der Waals surface area contributed by atoms with Crippen LogP contribution in [-0.4, -0.2) is 53.2 Å². The van der Waals surface area contributed by atoms with Crippen molar-refractivity contribution in [3.63, 3.8) is 0 Å². The zero-order valence-electron chi connectivity index (χ0n) is 55.0. The van der Waals surface area contributed by atoms with Crippen LogP contribution in [0.3, 0.4) is 0 Å². The Labute approximate surface area is 587 Å². The quantitative estimate of drug-likeness (QED) is 0.132. The number of hydrogen-bond acceptors (Lipinski definition) is 11. The Morgan fingerprint density at radius 2 is 0.740 bits per heavy atom. The van der Waals surface area contributed by atoms with E-state index in [9.17, 15) is 19.2 Å². The molecule has 0 N–H and O–H groups in total. The molecular weight excluding hydrogens is 1370 g/mol. The maximum Gasteiger partial charge on any atom is 0.261 e. The lowest BCUT2D eigenvalue weighted by molar-refractivity contribution is 0.240. The van der Waals surface area contributed by atoms with Gasteiger partial charge in [-0.25, -0.2) is 34.9 Å². The van der Waals surface area contributed by atoms with Crippen LogP contribution in [0.4, 0.5) is 0 Å². The van der Waals surface area contributed by atoms with Crippen LogP contribution >= 0.6 is 56.7 Å². The van der Waals surface area contributed by atoms with E-state index in [1.807, 2.05) is 140 Å². The molecule has 0 fully saturated rings. The van der Waals surface area contributed by atoms with Crippen molar-refractivity contribution in [2.24, 2.45) is 21.7 Å². The van der Waals surface area contributed by atoms with Crippen molar-refractivity contribution < 1.29 is 0 Å². The van der Waals surface area contributed by atoms with Gasteiger partial charge in [-0.15, -0.1) is 31.2 Å². The van der Waals surface area contributed by atoms with Crippen LogP contribution in [-0.2, 0) is 51.9 Å². The highest BCUT2D eigenvalue weighted by Crippen LogP contribution is 2.34. The number of rotatable bonds is 0. The van der Waals surface area contributed by atoms with Gasteiger partial charge < -0.3 is 0 Å². The number of halogens is 4. The predicted octanol–water partition coefficient (Wildman–Crippen LogP) is 14.5. The third kappa shape index (κ3) is 17.2. The summed E-state index contributed by atoms with van der Waals surface area (Å²) in [5, 5.41) is 2.73. The third-order valence-electron chi connectivity index (χ3n) is 17.4. The zero-order valence-corrected chi connectivity index (χ0v) is 59.8. The summed E-state index contributed by atoms with van der Waals surface area (Å²) in [6.45, 7) is 20.7. The zero-order chi connectivity index (χ0) is 66.5. The number of aromatic nitrogens is 11. The molecule has 0 unspecified atom stereocenters. The molecule has 0 atom stereocenters. The van der Waals surface area contributed by atoms with Crippen molar-refractivity contribution in [1.29, 1.82) is 0 Å². The number of fused-ring (bicyclic) bond motifs is 8. The molecule has 0 bridgehead atoms. The molecule has 0 aliphatic carbocycles. The summed E-state index contributed by atoms with van der Waals surface area (Å²) in [6, 6.07) is 39.3. The molecule has 0 saturated carbocycles. The van der Waals surface area contributed by atoms with E-state index in [4.69, 9.17) is 16.4 Å². The van der Waals surface area contributed by atoms with Gasteiger partial charge in [0.15, 0.2) is 0 Å². The van der Waals surface area contributed by atoms with Gasteiger partial charge in [0.2, 0.25) is 0 Å². The number of pyridine rings is 3. The van der Waals surface area contributed by atoms with Crippen LogP contribution in [0.1, 0.15) is 133 Å². The van der Waals surface area contributed by atoms with Crippen molar-refractivity contribution >= 4 is 100 Å². The van der Waals surface area contributed by atoms with E-state index < -0.39 is 0 Å². The summed E-state index contributed by atoms with van der Waals surface area (Å²) in [5.74, 6) is 18.3. The van der Waals surface area contributed by atoms with E-state index in [1.54, 1.807) is 24.7 Å². The molecule has 0 saturated heterocycles. The fourth-order valence-corrected chi connectivity index (χ4v) is 12.7. The monoisotopic (exact) mass is 1450 g/mol. The van der Waals surface area contributed by atoms with Crippen LogP contribution in [0.5, 0.6) is 0 Å². The van der Waals surface area contributed by atoms with Gasteiger partial charge in [0.05, 0.1) is 43.6 Å². The Kier molecular flexibility index (Phi) is 22.3. The molecule has 4 aliphatic rings. The second kappa shape index (κ2) is 30.0. The summed E-state index contributed by atoms with van der Waals surface area (Å²) in [4.78, 5) is 81.5. The first-order valence-electron chi connectivity index (χ1n) is 31.6. The highest BCUT2D eigenvalue weighted by Gasteiger charge is 2.31. The topological polar surface area (TPSA) is 178 Å². The van der Waals surface area contributed by atoms with E-state index in [2.05, 4.69) is 142 Å². The van der Waals surface area contributed by atoms with Gasteiger partial charge in [-0.1, -0.05) is 123 Å². The van der Waals surface area contributed by atoms with E-state index in [0.717, 1.165) is 154 Å². The van der Waals surface area contributed by atoms with Gasteiger partial charge >= 0.3 is 0 Å². The Bertz CT molecular complexity index is 5160. The van der Waals surface area contributed by atoms with Crippen molar-refractivity contribution in [3.8, 4) is 36.0 Å². The lowest BCUT2D eigenvalue weighted by atomic mass is 9.83. The van der Waals surface area contributed by atoms with Crippen LogP contribution in [0, 0.1) is 57.7 Å². The predicted molar refractivity (Wildman–Crippen MR) is 395 cm³/mol. The minimum Gasteiger partial charge on any atom is -0.296 e. The van der Waals surface area contributed by atoms with Crippen molar-refractivity contribution in [1.82, 2.24) is 53.2 Å². The molecule has 0 spiro atoms. The minimum atomic E-state index is 0. The SMILES string of the molecule is C#Cc1ccccn1.CC1(C)CCc2nc3cc(Br)ccc3c(=O)n2C1.CC1(C)CCc2nc3cc(C#Cc4ccccn4)ccc3c(=O)n2C1.CC1(C)CCn2c(nc3cc(Br)ccc3c2=O)C1.CC1(C)CCn2c(nc3cc(C#Cc4ccccn4)ccc3c2=O)C1.Cl.Cl. The van der Waals surface area contributed by atoms with Gasteiger partial charge in [-0.05, 0) is 168 Å². The van der Waals surface area contributed by atoms with Crippen LogP contribution in [0.15, 0.2) is 174 Å². The van der Waals surface area contributed by atoms with E-state index in [1.165, 1.54) is 0 Å². The third-order valence-corrected chi connectivity index (χ3v) is 18.4. The molecule has 15 nitrogen and oxygen atoms in total. The number of aryl methyl sites for hydroxylation is 2. The summed E-state index contributed by atoms with van der Waals surface area (Å²) in [6.07, 6.45) is 17.7. The molecule has 490 valence electrons. The number of nitrogens with zero attached hydrogens (tertiary/aromatic N) is 11. The van der Waals surface area contributed by atoms with E-state index >= 15 is 0 Å². The average molecular weight is 1450 g/mol. The Morgan fingerprint density at radius 1 is 0.396 bits per heavy atom. The first-order chi connectivity index (χ1) is 44.9. The molecule has 11 heterocycles. The lowest BCUT2D eigenvalue weighted by Crippen LogP contribution is -2.36. The molecule has 0 amide bonds. The lowest BCUT2D eigenvalue weighted by Gasteiger charge is -2.31. The minimum absolute atomic E-state index is 0. The highest BCUT2D eigenvalue weighted by molar-refractivity contribution is 9.10. The molecule has 19 heteroatoms. The maximum atomic E-state index is 12.8. The largest absolute Gasteiger partial charge is 0.296 e. The maximum absolute atomic E-state index is 12.8. The van der Waals surface area contributed by atoms with Crippen molar-refractivity contribution in [3.05, 3.63) is 248 Å². The summed E-state index contributed by atoms with van der Waals surface area (Å²) < 4.78 is 9.27. The second-order valence-corrected chi connectivity index (χ2v) is 29.2. The van der Waals surface area contributed by atoms with Crippen LogP contribution < -0.4 is 22.2 Å². The number of benzene rings is 4. The Balaban J connectivity index is 0.000000145. The summed E-state index contributed by atoms with van der Waals surface area (Å²) >= 11 is 6.85. The summed E-state index contributed by atoms with van der Waals surface area (Å²) in [7, 11) is 0. The molecule has 15 rings (SSSR count). The van der Waals surface area contributed by atoms with Crippen LogP contribution in [0.2, 0.25) is 0 Å². The van der Waals surface area contributed by atoms with Crippen molar-refractivity contribution in [2.75, 3.05) is 0 Å². The standard InChI is InChI=1S/2C21H19N3O.2C14H15BrN2O.C7H5N.2ClH/c1-21(2)11-10-19-23-18-13-15(6-8-16-5-3-4-12-22-16)7-9-17(18)20(25)24(19)14-21;1-21(2)10-12-24-19(14-21)23-18-13-15(7-9-17(18)20(24)25)6-8-16-5-3-4-11-22-16;1-14(2)5-6-17-12(8-14)16-11-7-9(15)3-4-10(11)13(17)18;1-14(2)6-5-12-16-11-7-9(15)3-4-10(11)13(18)17(12)8-14;1-2-7-5-3-4-6-8-7;;/h3-5,7,9,12-13H,10-11,14H2,1-2H3;3-5,7,9,11,13H,10,12,14H2,1-2H3;2*3-4,7H,5-6,8H2,1-2H3;1,3-6H;2*1H. The molecule has 4 aliphatic heterocycles. The Morgan fingerprint density at radius 3 is 1.09 bits per heavy atom. The first-order valence-corrected chi connectivity index (χ1v) is 33.2. The normalized spacial score (nSPS) is 15.3. The molecule has 7 aromatic heterocycles. The highest BCUT2D eigenvalue weighted by atomic mass is 79.9. The summed E-state index contributed by atoms with van der Waals surface area (Å²) in [5.41, 5.74) is 7.88. The molecule has 0 radical (unpaired) electrons. The number of hydrogen-bond donors (Lipinski definition) is 0. The van der Waals surface area contributed by atoms with Gasteiger partial charge in [0.25, 0.3) is 22.2 Å². The van der Waals surface area contributed by atoms with Crippen molar-refractivity contribution in [2.45, 2.75) is 133 Å². The number of terminal acetylenes is 1. The average Bonchev–Trinajstić information content (AvgIpc) is 0.787. The van der Waals surface area contributed by atoms with E-state index in [0.29, 0.717) is 27.2 Å². The van der Waals surface area contributed by atoms with E-state index in [-0.39, 0.29) is 68.7 Å². The van der Waals surface area contributed by atoms with Gasteiger partial charge in [-0.2, -0.15) is 0 Å². The van der Waals surface area contributed by atoms with Crippen LogP contribution in [0.25, 0.3) is 43.6 Å². The molecular formula is C77H75Br2Cl2N11O4. The Hall–Kier alpha value is -8.89. The fraction of sp³-hybridized carbons (Fsp3) is 0.312. The molecule has 4 aromatic carbocycles. The first kappa shape index (κ1) is 71.4. The van der Waals surface area contributed by atoms with Gasteiger partial charge in [0, 0.05) is 90.5 Å². The fourth-order valence-electron chi connectivity index (χ4n) is 12.0. The molecule has 11 aromatic rings. The van der Waals surface area contributed by atoms with Gasteiger partial charge in [0.1, 0.15) is 40.4 Å². The molecule has 96 heavy (non-hydrogen) atoms.